The number of aromatic amines is 1. The highest BCUT2D eigenvalue weighted by Gasteiger charge is 2.12. The molecule has 0 saturated carbocycles. The van der Waals surface area contributed by atoms with Crippen molar-refractivity contribution in [2.24, 2.45) is 0 Å². The lowest BCUT2D eigenvalue weighted by molar-refractivity contribution is -0.117. The third kappa shape index (κ3) is 4.07. The maximum Gasteiger partial charge on any atom is 0.240 e. The van der Waals surface area contributed by atoms with Gasteiger partial charge in [0.15, 0.2) is 5.13 Å². The van der Waals surface area contributed by atoms with Crippen molar-refractivity contribution in [2.45, 2.75) is 6.54 Å². The molecule has 0 aliphatic carbocycles. The van der Waals surface area contributed by atoms with Crippen molar-refractivity contribution in [1.82, 2.24) is 14.9 Å². The first-order chi connectivity index (χ1) is 13.2. The van der Waals surface area contributed by atoms with Gasteiger partial charge in [0.1, 0.15) is 0 Å². The average Bonchev–Trinajstić information content (AvgIpc) is 3.28. The number of benzene rings is 2. The molecule has 27 heavy (non-hydrogen) atoms. The van der Waals surface area contributed by atoms with E-state index >= 15 is 0 Å². The molecular formula is C21H20N4OS. The second-order valence-corrected chi connectivity index (χ2v) is 7.35. The SMILES string of the molecule is CN(CC(=O)Nc1nc(-c2c[nH]c3ccccc23)cs1)Cc1ccccc1. The Bertz CT molecular complexity index is 1050. The van der Waals surface area contributed by atoms with Gasteiger partial charge in [-0.25, -0.2) is 4.98 Å². The number of para-hydroxylation sites is 1. The van der Waals surface area contributed by atoms with Crippen LogP contribution in [0.4, 0.5) is 5.13 Å². The zero-order valence-corrected chi connectivity index (χ0v) is 15.8. The van der Waals surface area contributed by atoms with E-state index in [4.69, 9.17) is 0 Å². The number of amides is 1. The van der Waals surface area contributed by atoms with Crippen LogP contribution in [0, 0.1) is 0 Å². The van der Waals surface area contributed by atoms with Gasteiger partial charge >= 0.3 is 0 Å². The Kier molecular flexibility index (Phi) is 5.00. The number of aromatic nitrogens is 2. The van der Waals surface area contributed by atoms with Crippen LogP contribution in [0.5, 0.6) is 0 Å². The third-order valence-corrected chi connectivity index (χ3v) is 5.08. The molecule has 2 heterocycles. The van der Waals surface area contributed by atoms with Crippen LogP contribution in [0.3, 0.4) is 0 Å². The molecule has 4 aromatic rings. The predicted octanol–water partition coefficient (Wildman–Crippen LogP) is 4.36. The summed E-state index contributed by atoms with van der Waals surface area (Å²) in [7, 11) is 1.94. The lowest BCUT2D eigenvalue weighted by Gasteiger charge is -2.15. The first kappa shape index (κ1) is 17.5. The number of H-pyrrole nitrogens is 1. The van der Waals surface area contributed by atoms with Crippen molar-refractivity contribution in [3.63, 3.8) is 0 Å². The molecule has 0 bridgehead atoms. The molecule has 2 aromatic carbocycles. The minimum Gasteiger partial charge on any atom is -0.360 e. The van der Waals surface area contributed by atoms with Gasteiger partial charge in [0.25, 0.3) is 0 Å². The quantitative estimate of drug-likeness (QED) is 0.525. The van der Waals surface area contributed by atoms with E-state index in [1.807, 2.05) is 59.9 Å². The Morgan fingerprint density at radius 2 is 1.93 bits per heavy atom. The number of carbonyl (C=O) groups excluding carboxylic acids is 1. The molecule has 1 amide bonds. The van der Waals surface area contributed by atoms with E-state index < -0.39 is 0 Å². The lowest BCUT2D eigenvalue weighted by Crippen LogP contribution is -2.29. The summed E-state index contributed by atoms with van der Waals surface area (Å²) >= 11 is 1.44. The van der Waals surface area contributed by atoms with Crippen molar-refractivity contribution in [3.05, 3.63) is 71.7 Å². The molecule has 0 fully saturated rings. The maximum absolute atomic E-state index is 12.3. The summed E-state index contributed by atoms with van der Waals surface area (Å²) < 4.78 is 0. The van der Waals surface area contributed by atoms with E-state index in [0.29, 0.717) is 11.7 Å². The zero-order valence-electron chi connectivity index (χ0n) is 15.0. The van der Waals surface area contributed by atoms with Gasteiger partial charge in [-0.05, 0) is 18.7 Å². The monoisotopic (exact) mass is 376 g/mol. The normalized spacial score (nSPS) is 11.2. The topological polar surface area (TPSA) is 61.0 Å². The Hall–Kier alpha value is -2.96. The fraction of sp³-hybridized carbons (Fsp3) is 0.143. The lowest BCUT2D eigenvalue weighted by atomic mass is 10.1. The summed E-state index contributed by atoms with van der Waals surface area (Å²) in [5.74, 6) is -0.0618. The fourth-order valence-corrected chi connectivity index (χ4v) is 3.82. The second-order valence-electron chi connectivity index (χ2n) is 6.49. The van der Waals surface area contributed by atoms with Gasteiger partial charge in [-0.15, -0.1) is 11.3 Å². The third-order valence-electron chi connectivity index (χ3n) is 4.32. The molecule has 0 aliphatic heterocycles. The predicted molar refractivity (Wildman–Crippen MR) is 111 cm³/mol. The Balaban J connectivity index is 1.39. The van der Waals surface area contributed by atoms with E-state index in [2.05, 4.69) is 33.5 Å². The average molecular weight is 376 g/mol. The number of thiazole rings is 1. The number of fused-ring (bicyclic) bond motifs is 1. The number of nitrogens with one attached hydrogen (secondary N) is 2. The minimum absolute atomic E-state index is 0.0618. The van der Waals surface area contributed by atoms with Gasteiger partial charge in [-0.1, -0.05) is 48.5 Å². The summed E-state index contributed by atoms with van der Waals surface area (Å²) in [4.78, 5) is 22.2. The highest BCUT2D eigenvalue weighted by molar-refractivity contribution is 7.14. The van der Waals surface area contributed by atoms with Crippen LogP contribution >= 0.6 is 11.3 Å². The van der Waals surface area contributed by atoms with Crippen LogP contribution in [0.15, 0.2) is 66.2 Å². The molecule has 4 rings (SSSR count). The number of anilines is 1. The van der Waals surface area contributed by atoms with Crippen LogP contribution in [0.2, 0.25) is 0 Å². The number of carbonyl (C=O) groups is 1. The Morgan fingerprint density at radius 3 is 2.78 bits per heavy atom. The molecular weight excluding hydrogens is 356 g/mol. The van der Waals surface area contributed by atoms with Gasteiger partial charge in [-0.2, -0.15) is 0 Å². The molecule has 0 unspecified atom stereocenters. The molecule has 0 aliphatic rings. The smallest absolute Gasteiger partial charge is 0.240 e. The number of hydrogen-bond donors (Lipinski definition) is 2. The molecule has 6 heteroatoms. The van der Waals surface area contributed by atoms with Gasteiger partial charge in [0, 0.05) is 34.6 Å². The van der Waals surface area contributed by atoms with Gasteiger partial charge in [0.2, 0.25) is 5.91 Å². The largest absolute Gasteiger partial charge is 0.360 e. The minimum atomic E-state index is -0.0618. The number of rotatable bonds is 6. The molecule has 5 nitrogen and oxygen atoms in total. The van der Waals surface area contributed by atoms with Gasteiger partial charge in [-0.3, -0.25) is 9.69 Å². The highest BCUT2D eigenvalue weighted by Crippen LogP contribution is 2.30. The highest BCUT2D eigenvalue weighted by atomic mass is 32.1. The first-order valence-corrected chi connectivity index (χ1v) is 9.61. The summed E-state index contributed by atoms with van der Waals surface area (Å²) in [6.07, 6.45) is 1.96. The van der Waals surface area contributed by atoms with Crippen LogP contribution in [-0.2, 0) is 11.3 Å². The summed E-state index contributed by atoms with van der Waals surface area (Å²) in [5.41, 5.74) is 4.17. The van der Waals surface area contributed by atoms with Crippen molar-refractivity contribution < 1.29 is 4.79 Å². The van der Waals surface area contributed by atoms with Crippen molar-refractivity contribution >= 4 is 33.3 Å². The fourth-order valence-electron chi connectivity index (χ4n) is 3.09. The molecule has 0 radical (unpaired) electrons. The van der Waals surface area contributed by atoms with Crippen molar-refractivity contribution in [2.75, 3.05) is 18.9 Å². The molecule has 2 N–H and O–H groups in total. The van der Waals surface area contributed by atoms with Crippen molar-refractivity contribution in [1.29, 1.82) is 0 Å². The zero-order chi connectivity index (χ0) is 18.6. The molecule has 0 saturated heterocycles. The summed E-state index contributed by atoms with van der Waals surface area (Å²) in [5, 5.41) is 6.62. The standard InChI is InChI=1S/C21H20N4OS/c1-25(12-15-7-3-2-4-8-15)13-20(26)24-21-23-19(14-27-21)17-11-22-18-10-6-5-9-16(17)18/h2-11,14,22H,12-13H2,1H3,(H,23,24,26). The number of nitrogens with zero attached hydrogens (tertiary/aromatic N) is 2. The van der Waals surface area contributed by atoms with Crippen LogP contribution in [0.1, 0.15) is 5.56 Å². The first-order valence-electron chi connectivity index (χ1n) is 8.73. The van der Waals surface area contributed by atoms with E-state index in [9.17, 15) is 4.79 Å². The summed E-state index contributed by atoms with van der Waals surface area (Å²) in [6.45, 7) is 1.05. The van der Waals surface area contributed by atoms with E-state index in [1.165, 1.54) is 16.9 Å². The molecule has 2 aromatic heterocycles. The Morgan fingerprint density at radius 1 is 1.15 bits per heavy atom. The van der Waals surface area contributed by atoms with Crippen LogP contribution < -0.4 is 5.32 Å². The number of likely N-dealkylation sites (N-methyl/N-ethyl adjacent to an activating group) is 1. The molecule has 0 atom stereocenters. The molecule has 136 valence electrons. The van der Waals surface area contributed by atoms with E-state index in [-0.39, 0.29) is 5.91 Å². The van der Waals surface area contributed by atoms with Crippen LogP contribution in [-0.4, -0.2) is 34.4 Å². The molecule has 0 spiro atoms. The van der Waals surface area contributed by atoms with Crippen LogP contribution in [0.25, 0.3) is 22.2 Å². The summed E-state index contributed by atoms with van der Waals surface area (Å²) in [6, 6.07) is 18.2. The van der Waals surface area contributed by atoms with Crippen molar-refractivity contribution in [3.8, 4) is 11.3 Å². The van der Waals surface area contributed by atoms with Gasteiger partial charge in [0.05, 0.1) is 12.2 Å². The van der Waals surface area contributed by atoms with E-state index in [1.54, 1.807) is 0 Å². The second kappa shape index (κ2) is 7.73. The maximum atomic E-state index is 12.3. The number of hydrogen-bond acceptors (Lipinski definition) is 4. The Labute approximate surface area is 161 Å². The van der Waals surface area contributed by atoms with E-state index in [0.717, 1.165) is 28.7 Å². The van der Waals surface area contributed by atoms with Gasteiger partial charge < -0.3 is 10.3 Å².